The number of thiocarbonyl (C=S) groups is 1. The Kier molecular flexibility index (Phi) is 11.8. The molecule has 0 saturated carbocycles. The molecule has 0 aliphatic rings. The molecule has 0 aliphatic carbocycles. The first kappa shape index (κ1) is 32.4. The van der Waals surface area contributed by atoms with Crippen molar-refractivity contribution in [3.8, 4) is 0 Å². The van der Waals surface area contributed by atoms with E-state index in [1.54, 1.807) is 19.9 Å². The standard InChI is InChI=1S/C32H40N2O5S/c1-11-27(37-10)30(39-24(8)35)29(33-9)31(40)34-22(6)32(36)38-23(7)28(25-14-12-18(2)16-20(25)4)26-15-13-19(3)17-21(26)5/h11-17,22-23,28H,9H2,1-8,10H3,(H,34,40)/b27-11+,30-29+/t22-,23-/m0/s1. The monoisotopic (exact) mass is 564 g/mol. The third-order valence-corrected chi connectivity index (χ3v) is 6.84. The molecule has 0 bridgehead atoms. The number of carbonyl (C=O) groups is 2. The number of aryl methyl sites for hydroxylation is 4. The highest BCUT2D eigenvalue weighted by molar-refractivity contribution is 7.80. The Labute approximate surface area is 243 Å². The molecule has 0 heterocycles. The maximum atomic E-state index is 13.3. The molecule has 0 aromatic heterocycles. The summed E-state index contributed by atoms with van der Waals surface area (Å²) in [5.74, 6) is -1.01. The molecule has 0 radical (unpaired) electrons. The Morgan fingerprint density at radius 3 is 1.93 bits per heavy atom. The lowest BCUT2D eigenvalue weighted by Crippen LogP contribution is -2.41. The van der Waals surface area contributed by atoms with Crippen molar-refractivity contribution < 1.29 is 23.8 Å². The van der Waals surface area contributed by atoms with Crippen molar-refractivity contribution in [3.63, 3.8) is 0 Å². The Balaban J connectivity index is 2.37. The topological polar surface area (TPSA) is 86.2 Å². The number of ether oxygens (including phenoxy) is 3. The van der Waals surface area contributed by atoms with Crippen LogP contribution in [-0.2, 0) is 23.8 Å². The minimum absolute atomic E-state index is 0.00342. The second-order valence-electron chi connectivity index (χ2n) is 9.82. The number of aliphatic imine (C=N–C) groups is 1. The highest BCUT2D eigenvalue weighted by atomic mass is 32.1. The first-order chi connectivity index (χ1) is 18.8. The average molecular weight is 565 g/mol. The van der Waals surface area contributed by atoms with Crippen LogP contribution in [0.4, 0.5) is 0 Å². The van der Waals surface area contributed by atoms with Crippen LogP contribution in [0.5, 0.6) is 0 Å². The van der Waals surface area contributed by atoms with Crippen molar-refractivity contribution in [1.29, 1.82) is 0 Å². The Bertz CT molecular complexity index is 1290. The number of hydrogen-bond acceptors (Lipinski definition) is 7. The number of esters is 2. The van der Waals surface area contributed by atoms with Crippen LogP contribution in [0.15, 0.2) is 64.7 Å². The van der Waals surface area contributed by atoms with E-state index in [1.165, 1.54) is 25.2 Å². The van der Waals surface area contributed by atoms with Crippen molar-refractivity contribution >= 4 is 35.9 Å². The van der Waals surface area contributed by atoms with Crippen molar-refractivity contribution in [3.05, 3.63) is 93.1 Å². The third kappa shape index (κ3) is 8.11. The van der Waals surface area contributed by atoms with Gasteiger partial charge < -0.3 is 19.5 Å². The molecule has 7 nitrogen and oxygen atoms in total. The molecule has 0 saturated heterocycles. The van der Waals surface area contributed by atoms with Crippen LogP contribution in [0.25, 0.3) is 0 Å². The van der Waals surface area contributed by atoms with Crippen molar-refractivity contribution in [2.24, 2.45) is 4.99 Å². The second-order valence-corrected chi connectivity index (χ2v) is 10.2. The highest BCUT2D eigenvalue weighted by Gasteiger charge is 2.30. The SMILES string of the molecule is C=N/C(C(=S)N[C@@H](C)C(=O)O[C@@H](C)C(c1ccc(C)cc1C)c1ccc(C)cc1C)=C(OC(C)=O)\C(=C/C)OC. The Morgan fingerprint density at radius 2 is 1.52 bits per heavy atom. The van der Waals surface area contributed by atoms with Crippen LogP contribution in [-0.4, -0.2) is 42.9 Å². The number of hydrogen-bond donors (Lipinski definition) is 1. The van der Waals surface area contributed by atoms with E-state index in [1.807, 2.05) is 6.92 Å². The Hall–Kier alpha value is -3.78. The minimum atomic E-state index is -0.833. The normalized spacial score (nSPS) is 13.6. The summed E-state index contributed by atoms with van der Waals surface area (Å²) in [4.78, 5) is 29.0. The third-order valence-electron chi connectivity index (χ3n) is 6.53. The van der Waals surface area contributed by atoms with Gasteiger partial charge in [0.25, 0.3) is 0 Å². The zero-order valence-corrected chi connectivity index (χ0v) is 25.7. The summed E-state index contributed by atoms with van der Waals surface area (Å²) in [5.41, 5.74) is 6.85. The summed E-state index contributed by atoms with van der Waals surface area (Å²) in [5, 5.41) is 2.94. The fourth-order valence-corrected chi connectivity index (χ4v) is 4.98. The van der Waals surface area contributed by atoms with Crippen LogP contribution >= 0.6 is 12.2 Å². The summed E-state index contributed by atoms with van der Waals surface area (Å²) in [6.45, 7) is 18.3. The van der Waals surface area contributed by atoms with E-state index in [2.05, 4.69) is 81.1 Å². The number of rotatable bonds is 11. The van der Waals surface area contributed by atoms with E-state index in [0.29, 0.717) is 0 Å². The first-order valence-electron chi connectivity index (χ1n) is 13.1. The molecular formula is C32H40N2O5S. The average Bonchev–Trinajstić information content (AvgIpc) is 2.87. The molecular weight excluding hydrogens is 524 g/mol. The Morgan fingerprint density at radius 1 is 1.00 bits per heavy atom. The molecule has 2 aromatic carbocycles. The van der Waals surface area contributed by atoms with E-state index in [4.69, 9.17) is 26.4 Å². The molecule has 2 atom stereocenters. The maximum Gasteiger partial charge on any atom is 0.328 e. The van der Waals surface area contributed by atoms with Crippen molar-refractivity contribution in [2.45, 2.75) is 73.5 Å². The summed E-state index contributed by atoms with van der Waals surface area (Å²) < 4.78 is 16.7. The maximum absolute atomic E-state index is 13.3. The molecule has 1 N–H and O–H groups in total. The van der Waals surface area contributed by atoms with Gasteiger partial charge in [-0.05, 0) is 83.5 Å². The number of nitrogens with one attached hydrogen (secondary N) is 1. The minimum Gasteiger partial charge on any atom is -0.493 e. The molecule has 8 heteroatoms. The zero-order chi connectivity index (χ0) is 30.1. The van der Waals surface area contributed by atoms with Crippen LogP contribution in [0.3, 0.4) is 0 Å². The number of methoxy groups -OCH3 is 1. The predicted molar refractivity (Wildman–Crippen MR) is 164 cm³/mol. The van der Waals surface area contributed by atoms with Gasteiger partial charge in [0.05, 0.1) is 7.11 Å². The van der Waals surface area contributed by atoms with E-state index in [-0.39, 0.29) is 28.1 Å². The quantitative estimate of drug-likeness (QED) is 0.0854. The van der Waals surface area contributed by atoms with Gasteiger partial charge in [-0.15, -0.1) is 0 Å². The summed E-state index contributed by atoms with van der Waals surface area (Å²) in [6.07, 6.45) is 1.12. The molecule has 2 aromatic rings. The van der Waals surface area contributed by atoms with Crippen LogP contribution in [0, 0.1) is 27.7 Å². The van der Waals surface area contributed by atoms with E-state index < -0.39 is 24.1 Å². The summed E-state index contributed by atoms with van der Waals surface area (Å²) >= 11 is 5.51. The molecule has 0 spiro atoms. The van der Waals surface area contributed by atoms with Gasteiger partial charge in [0.15, 0.2) is 5.76 Å². The first-order valence-corrected chi connectivity index (χ1v) is 13.5. The predicted octanol–water partition coefficient (Wildman–Crippen LogP) is 6.31. The van der Waals surface area contributed by atoms with Crippen molar-refractivity contribution in [1.82, 2.24) is 5.32 Å². The van der Waals surface area contributed by atoms with Gasteiger partial charge in [0.2, 0.25) is 5.76 Å². The van der Waals surface area contributed by atoms with E-state index in [9.17, 15) is 9.59 Å². The lowest BCUT2D eigenvalue weighted by molar-refractivity contribution is -0.150. The molecule has 0 aliphatic heterocycles. The molecule has 214 valence electrons. The van der Waals surface area contributed by atoms with Crippen molar-refractivity contribution in [2.75, 3.05) is 7.11 Å². The lowest BCUT2D eigenvalue weighted by Gasteiger charge is -2.29. The van der Waals surface area contributed by atoms with Gasteiger partial charge in [-0.3, -0.25) is 9.79 Å². The van der Waals surface area contributed by atoms with Gasteiger partial charge in [-0.2, -0.15) is 0 Å². The van der Waals surface area contributed by atoms with E-state index >= 15 is 0 Å². The van der Waals surface area contributed by atoms with Crippen LogP contribution in [0.1, 0.15) is 67.0 Å². The number of benzene rings is 2. The smallest absolute Gasteiger partial charge is 0.328 e. The molecule has 40 heavy (non-hydrogen) atoms. The fraction of sp³-hybridized carbons (Fsp3) is 0.375. The van der Waals surface area contributed by atoms with Crippen LogP contribution in [0.2, 0.25) is 0 Å². The molecule has 0 unspecified atom stereocenters. The van der Waals surface area contributed by atoms with Gasteiger partial charge >= 0.3 is 11.9 Å². The second kappa shape index (κ2) is 14.6. The summed E-state index contributed by atoms with van der Waals surface area (Å²) in [7, 11) is 1.43. The number of nitrogens with zero attached hydrogens (tertiary/aromatic N) is 1. The van der Waals surface area contributed by atoms with Gasteiger partial charge in [0.1, 0.15) is 22.8 Å². The van der Waals surface area contributed by atoms with Gasteiger partial charge in [0, 0.05) is 12.8 Å². The number of carbonyl (C=O) groups excluding carboxylic acids is 2. The molecule has 2 rings (SSSR count). The molecule has 0 amide bonds. The lowest BCUT2D eigenvalue weighted by atomic mass is 9.82. The largest absolute Gasteiger partial charge is 0.493 e. The zero-order valence-electron chi connectivity index (χ0n) is 24.9. The van der Waals surface area contributed by atoms with Gasteiger partial charge in [-0.1, -0.05) is 59.7 Å². The van der Waals surface area contributed by atoms with E-state index in [0.717, 1.165) is 22.3 Å². The van der Waals surface area contributed by atoms with Gasteiger partial charge in [-0.25, -0.2) is 4.79 Å². The number of allylic oxidation sites excluding steroid dienone is 1. The fourth-order valence-electron chi connectivity index (χ4n) is 4.65. The highest BCUT2D eigenvalue weighted by Crippen LogP contribution is 2.35. The molecule has 0 fully saturated rings. The summed E-state index contributed by atoms with van der Waals surface area (Å²) in [6, 6.07) is 11.8. The van der Waals surface area contributed by atoms with Crippen LogP contribution < -0.4 is 5.32 Å².